The lowest BCUT2D eigenvalue weighted by molar-refractivity contribution is -0.135. The van der Waals surface area contributed by atoms with E-state index in [1.807, 2.05) is 4.90 Å². The molecule has 7 heteroatoms. The average Bonchev–Trinajstić information content (AvgIpc) is 3.18. The molecule has 0 bridgehead atoms. The predicted octanol–water partition coefficient (Wildman–Crippen LogP) is 2.30. The fraction of sp³-hybridized carbons (Fsp3) is 0.500. The number of hydrogen-bond donors (Lipinski definition) is 0. The second kappa shape index (κ2) is 6.84. The van der Waals surface area contributed by atoms with E-state index in [-0.39, 0.29) is 17.6 Å². The molecule has 25 heavy (non-hydrogen) atoms. The minimum Gasteiger partial charge on any atom is -0.473 e. The second-order valence-corrected chi connectivity index (χ2v) is 6.58. The van der Waals surface area contributed by atoms with Gasteiger partial charge in [0.1, 0.15) is 6.10 Å². The first-order valence-corrected chi connectivity index (χ1v) is 8.64. The monoisotopic (exact) mass is 343 g/mol. The highest BCUT2D eigenvalue weighted by molar-refractivity contribution is 5.91. The van der Waals surface area contributed by atoms with E-state index in [4.69, 9.17) is 13.9 Å². The molecule has 4 rings (SSSR count). The molecular formula is C18H21N3O4. The van der Waals surface area contributed by atoms with E-state index in [0.717, 1.165) is 25.7 Å². The van der Waals surface area contributed by atoms with Crippen molar-refractivity contribution in [3.63, 3.8) is 0 Å². The topological polar surface area (TPSA) is 77.7 Å². The van der Waals surface area contributed by atoms with Gasteiger partial charge in [-0.1, -0.05) is 0 Å². The molecule has 1 amide bonds. The van der Waals surface area contributed by atoms with Crippen LogP contribution in [0.4, 0.5) is 0 Å². The smallest absolute Gasteiger partial charge is 0.289 e. The number of aromatic nitrogens is 2. The molecule has 0 aliphatic carbocycles. The average molecular weight is 343 g/mol. The van der Waals surface area contributed by atoms with Gasteiger partial charge < -0.3 is 18.8 Å². The number of piperidine rings is 1. The van der Waals surface area contributed by atoms with E-state index in [0.29, 0.717) is 31.3 Å². The van der Waals surface area contributed by atoms with Crippen molar-refractivity contribution in [1.82, 2.24) is 14.9 Å². The first-order valence-electron chi connectivity index (χ1n) is 8.64. The molecule has 1 unspecified atom stereocenters. The Balaban J connectivity index is 1.36. The summed E-state index contributed by atoms with van der Waals surface area (Å²) in [6, 6.07) is 3.44. The zero-order chi connectivity index (χ0) is 17.1. The molecule has 0 radical (unpaired) electrons. The van der Waals surface area contributed by atoms with Crippen LogP contribution in [-0.4, -0.2) is 52.2 Å². The van der Waals surface area contributed by atoms with E-state index in [1.54, 1.807) is 30.7 Å². The SMILES string of the molecule is O=C(c1ccco1)N1CCC2(CC1)CC(Oc1cnccn1)CCO2. The molecule has 0 aromatic carbocycles. The Kier molecular flexibility index (Phi) is 4.40. The summed E-state index contributed by atoms with van der Waals surface area (Å²) in [5.41, 5.74) is -0.217. The van der Waals surface area contributed by atoms with Gasteiger partial charge in [0.15, 0.2) is 5.76 Å². The van der Waals surface area contributed by atoms with Crippen molar-refractivity contribution >= 4 is 5.91 Å². The van der Waals surface area contributed by atoms with E-state index < -0.39 is 0 Å². The van der Waals surface area contributed by atoms with Crippen molar-refractivity contribution in [2.45, 2.75) is 37.4 Å². The third-order valence-electron chi connectivity index (χ3n) is 4.97. The van der Waals surface area contributed by atoms with Crippen LogP contribution >= 0.6 is 0 Å². The standard InChI is InChI=1S/C18H21N3O4/c22-17(15-2-1-10-23-15)21-8-4-18(5-9-21)12-14(3-11-24-18)25-16-13-19-6-7-20-16/h1-2,6-7,10,13-14H,3-5,8-9,11-12H2. The van der Waals surface area contributed by atoms with E-state index >= 15 is 0 Å². The number of likely N-dealkylation sites (tertiary alicyclic amines) is 1. The van der Waals surface area contributed by atoms with Gasteiger partial charge >= 0.3 is 0 Å². The zero-order valence-electron chi connectivity index (χ0n) is 14.0. The predicted molar refractivity (Wildman–Crippen MR) is 88.2 cm³/mol. The van der Waals surface area contributed by atoms with Crippen LogP contribution in [0.3, 0.4) is 0 Å². The molecule has 1 atom stereocenters. The number of amides is 1. The van der Waals surface area contributed by atoms with Crippen LogP contribution in [0.15, 0.2) is 41.4 Å². The number of ether oxygens (including phenoxy) is 2. The molecule has 2 fully saturated rings. The number of carbonyl (C=O) groups excluding carboxylic acids is 1. The number of carbonyl (C=O) groups is 1. The first kappa shape index (κ1) is 16.1. The van der Waals surface area contributed by atoms with Crippen LogP contribution in [0.2, 0.25) is 0 Å². The minimum atomic E-state index is -0.217. The maximum atomic E-state index is 12.4. The maximum absolute atomic E-state index is 12.4. The lowest BCUT2D eigenvalue weighted by atomic mass is 9.83. The number of furan rings is 1. The molecule has 4 heterocycles. The van der Waals surface area contributed by atoms with Crippen LogP contribution < -0.4 is 4.74 Å². The van der Waals surface area contributed by atoms with Crippen molar-refractivity contribution in [3.8, 4) is 5.88 Å². The highest BCUT2D eigenvalue weighted by Crippen LogP contribution is 2.36. The van der Waals surface area contributed by atoms with Gasteiger partial charge in [0.25, 0.3) is 5.91 Å². The van der Waals surface area contributed by atoms with Crippen LogP contribution in [-0.2, 0) is 4.74 Å². The summed E-state index contributed by atoms with van der Waals surface area (Å²) in [5.74, 6) is 0.891. The van der Waals surface area contributed by atoms with Crippen LogP contribution in [0, 0.1) is 0 Å². The Hall–Kier alpha value is -2.41. The molecule has 2 saturated heterocycles. The van der Waals surface area contributed by atoms with Crippen LogP contribution in [0.1, 0.15) is 36.2 Å². The molecule has 2 aliphatic heterocycles. The normalized spacial score (nSPS) is 22.7. The third kappa shape index (κ3) is 3.51. The molecule has 1 spiro atoms. The summed E-state index contributed by atoms with van der Waals surface area (Å²) in [6.07, 6.45) is 9.74. The van der Waals surface area contributed by atoms with Crippen LogP contribution in [0.25, 0.3) is 0 Å². The van der Waals surface area contributed by atoms with Gasteiger partial charge in [-0.3, -0.25) is 9.78 Å². The number of nitrogens with zero attached hydrogens (tertiary/aromatic N) is 3. The van der Waals surface area contributed by atoms with Crippen molar-refractivity contribution < 1.29 is 18.7 Å². The second-order valence-electron chi connectivity index (χ2n) is 6.58. The summed E-state index contributed by atoms with van der Waals surface area (Å²) in [5, 5.41) is 0. The highest BCUT2D eigenvalue weighted by atomic mass is 16.5. The quantitative estimate of drug-likeness (QED) is 0.851. The molecule has 2 aromatic heterocycles. The van der Waals surface area contributed by atoms with E-state index in [9.17, 15) is 4.79 Å². The van der Waals surface area contributed by atoms with Crippen molar-refractivity contribution in [1.29, 1.82) is 0 Å². The highest BCUT2D eigenvalue weighted by Gasteiger charge is 2.42. The number of hydrogen-bond acceptors (Lipinski definition) is 6. The fourth-order valence-electron chi connectivity index (χ4n) is 3.62. The molecule has 132 valence electrons. The van der Waals surface area contributed by atoms with Gasteiger partial charge in [0.05, 0.1) is 24.7 Å². The molecule has 0 saturated carbocycles. The zero-order valence-corrected chi connectivity index (χ0v) is 14.0. The molecular weight excluding hydrogens is 322 g/mol. The fourth-order valence-corrected chi connectivity index (χ4v) is 3.62. The Morgan fingerprint density at radius 3 is 2.92 bits per heavy atom. The van der Waals surface area contributed by atoms with Crippen molar-refractivity contribution in [3.05, 3.63) is 42.7 Å². The largest absolute Gasteiger partial charge is 0.473 e. The van der Waals surface area contributed by atoms with Gasteiger partial charge in [0, 0.05) is 38.3 Å². The van der Waals surface area contributed by atoms with Crippen molar-refractivity contribution in [2.75, 3.05) is 19.7 Å². The third-order valence-corrected chi connectivity index (χ3v) is 4.97. The van der Waals surface area contributed by atoms with E-state index in [2.05, 4.69) is 9.97 Å². The lowest BCUT2D eigenvalue weighted by Gasteiger charge is -2.45. The Labute approximate surface area is 146 Å². The molecule has 7 nitrogen and oxygen atoms in total. The maximum Gasteiger partial charge on any atom is 0.289 e. The van der Waals surface area contributed by atoms with Gasteiger partial charge in [0.2, 0.25) is 5.88 Å². The van der Waals surface area contributed by atoms with Gasteiger partial charge in [-0.2, -0.15) is 0 Å². The molecule has 0 N–H and O–H groups in total. The van der Waals surface area contributed by atoms with Crippen molar-refractivity contribution in [2.24, 2.45) is 0 Å². The molecule has 2 aliphatic rings. The number of rotatable bonds is 3. The van der Waals surface area contributed by atoms with Crippen LogP contribution in [0.5, 0.6) is 5.88 Å². The van der Waals surface area contributed by atoms with Gasteiger partial charge in [-0.15, -0.1) is 0 Å². The summed E-state index contributed by atoms with van der Waals surface area (Å²) in [7, 11) is 0. The summed E-state index contributed by atoms with van der Waals surface area (Å²) in [4.78, 5) is 22.4. The summed E-state index contributed by atoms with van der Waals surface area (Å²) < 4.78 is 17.3. The Morgan fingerprint density at radius 2 is 2.20 bits per heavy atom. The molecule has 2 aromatic rings. The summed E-state index contributed by atoms with van der Waals surface area (Å²) in [6.45, 7) is 1.99. The Bertz CT molecular complexity index is 696. The minimum absolute atomic E-state index is 0.0528. The Morgan fingerprint density at radius 1 is 1.32 bits per heavy atom. The van der Waals surface area contributed by atoms with Gasteiger partial charge in [-0.05, 0) is 25.0 Å². The first-order chi connectivity index (χ1) is 12.2. The summed E-state index contributed by atoms with van der Waals surface area (Å²) >= 11 is 0. The van der Waals surface area contributed by atoms with Gasteiger partial charge in [-0.25, -0.2) is 4.98 Å². The lowest BCUT2D eigenvalue weighted by Crippen LogP contribution is -2.52. The van der Waals surface area contributed by atoms with E-state index in [1.165, 1.54) is 6.26 Å².